The van der Waals surface area contributed by atoms with Gasteiger partial charge in [0, 0.05) is 18.2 Å². The van der Waals surface area contributed by atoms with Crippen molar-refractivity contribution >= 4 is 11.8 Å². The van der Waals surface area contributed by atoms with Crippen molar-refractivity contribution in [1.82, 2.24) is 4.98 Å². The van der Waals surface area contributed by atoms with E-state index in [1.54, 1.807) is 0 Å². The summed E-state index contributed by atoms with van der Waals surface area (Å²) >= 11 is 0. The number of anilines is 1. The van der Waals surface area contributed by atoms with Gasteiger partial charge < -0.3 is 10.4 Å². The highest BCUT2D eigenvalue weighted by Crippen LogP contribution is 2.19. The number of aromatic nitrogens is 1. The highest BCUT2D eigenvalue weighted by atomic mass is 16.4. The van der Waals surface area contributed by atoms with E-state index in [1.807, 2.05) is 26.8 Å². The Morgan fingerprint density at radius 1 is 1.58 bits per heavy atom. The van der Waals surface area contributed by atoms with Crippen molar-refractivity contribution in [3.05, 3.63) is 22.9 Å². The van der Waals surface area contributed by atoms with Gasteiger partial charge in [-0.2, -0.15) is 5.26 Å². The summed E-state index contributed by atoms with van der Waals surface area (Å²) in [7, 11) is 0. The van der Waals surface area contributed by atoms with Gasteiger partial charge in [-0.05, 0) is 45.2 Å². The molecular formula is C14H19N3O2. The van der Waals surface area contributed by atoms with Crippen molar-refractivity contribution in [3.63, 3.8) is 0 Å². The SMILES string of the molecule is Cc1cc(C)c(C#N)c(NC(C)CCCC(=O)O)n1. The van der Waals surface area contributed by atoms with E-state index >= 15 is 0 Å². The molecule has 0 radical (unpaired) electrons. The summed E-state index contributed by atoms with van der Waals surface area (Å²) in [6.07, 6.45) is 1.50. The van der Waals surface area contributed by atoms with Crippen molar-refractivity contribution in [2.45, 2.75) is 46.1 Å². The number of nitrogens with one attached hydrogen (secondary N) is 1. The normalized spacial score (nSPS) is 11.7. The Hall–Kier alpha value is -2.09. The average Bonchev–Trinajstić information content (AvgIpc) is 2.27. The van der Waals surface area contributed by atoms with Gasteiger partial charge in [-0.15, -0.1) is 0 Å². The highest BCUT2D eigenvalue weighted by molar-refractivity contribution is 5.66. The van der Waals surface area contributed by atoms with Crippen LogP contribution in [0.15, 0.2) is 6.07 Å². The molecule has 0 aliphatic heterocycles. The fourth-order valence-electron chi connectivity index (χ4n) is 1.95. The molecule has 1 aromatic rings. The van der Waals surface area contributed by atoms with Gasteiger partial charge in [0.2, 0.25) is 0 Å². The molecule has 1 atom stereocenters. The number of carboxylic acid groups (broad SMARTS) is 1. The molecule has 102 valence electrons. The lowest BCUT2D eigenvalue weighted by molar-refractivity contribution is -0.137. The molecule has 19 heavy (non-hydrogen) atoms. The molecule has 0 fully saturated rings. The van der Waals surface area contributed by atoms with E-state index in [4.69, 9.17) is 10.4 Å². The van der Waals surface area contributed by atoms with Gasteiger partial charge in [0.25, 0.3) is 0 Å². The van der Waals surface area contributed by atoms with Crippen LogP contribution in [-0.4, -0.2) is 22.1 Å². The number of nitriles is 1. The molecule has 0 spiro atoms. The molecule has 5 heteroatoms. The first-order valence-corrected chi connectivity index (χ1v) is 6.30. The first-order valence-electron chi connectivity index (χ1n) is 6.30. The lowest BCUT2D eigenvalue weighted by Crippen LogP contribution is -2.18. The molecule has 0 saturated carbocycles. The Labute approximate surface area is 113 Å². The molecule has 1 heterocycles. The Bertz CT molecular complexity index is 506. The molecule has 5 nitrogen and oxygen atoms in total. The van der Waals surface area contributed by atoms with Crippen LogP contribution in [0.1, 0.15) is 43.0 Å². The van der Waals surface area contributed by atoms with Gasteiger partial charge >= 0.3 is 5.97 Å². The van der Waals surface area contributed by atoms with Gasteiger partial charge in [-0.3, -0.25) is 4.79 Å². The number of hydrogen-bond donors (Lipinski definition) is 2. The van der Waals surface area contributed by atoms with Crippen LogP contribution in [0, 0.1) is 25.2 Å². The summed E-state index contributed by atoms with van der Waals surface area (Å²) in [6, 6.07) is 4.11. The van der Waals surface area contributed by atoms with Gasteiger partial charge in [0.05, 0.1) is 5.56 Å². The maximum Gasteiger partial charge on any atom is 0.303 e. The van der Waals surface area contributed by atoms with Crippen LogP contribution >= 0.6 is 0 Å². The number of carbonyl (C=O) groups is 1. The second-order valence-corrected chi connectivity index (χ2v) is 4.75. The molecule has 0 amide bonds. The second-order valence-electron chi connectivity index (χ2n) is 4.75. The fraction of sp³-hybridized carbons (Fsp3) is 0.500. The number of carboxylic acids is 1. The molecular weight excluding hydrogens is 242 g/mol. The van der Waals surface area contributed by atoms with Crippen molar-refractivity contribution in [2.75, 3.05) is 5.32 Å². The van der Waals surface area contributed by atoms with E-state index in [-0.39, 0.29) is 12.5 Å². The number of aliphatic carboxylic acids is 1. The van der Waals surface area contributed by atoms with Crippen molar-refractivity contribution < 1.29 is 9.90 Å². The van der Waals surface area contributed by atoms with Crippen molar-refractivity contribution in [2.24, 2.45) is 0 Å². The highest BCUT2D eigenvalue weighted by Gasteiger charge is 2.11. The van der Waals surface area contributed by atoms with Crippen molar-refractivity contribution in [1.29, 1.82) is 5.26 Å². The minimum absolute atomic E-state index is 0.0835. The smallest absolute Gasteiger partial charge is 0.303 e. The third-order valence-corrected chi connectivity index (χ3v) is 2.87. The zero-order valence-electron chi connectivity index (χ0n) is 11.5. The first kappa shape index (κ1) is 15.0. The summed E-state index contributed by atoms with van der Waals surface area (Å²) in [4.78, 5) is 14.8. The van der Waals surface area contributed by atoms with Gasteiger partial charge in [-0.1, -0.05) is 0 Å². The van der Waals surface area contributed by atoms with Crippen LogP contribution in [0.3, 0.4) is 0 Å². The molecule has 1 rings (SSSR count). The third-order valence-electron chi connectivity index (χ3n) is 2.87. The standard InChI is InChI=1S/C14H19N3O2/c1-9-7-11(3)17-14(12(9)8-15)16-10(2)5-4-6-13(18)19/h7,10H,4-6H2,1-3H3,(H,16,17)(H,18,19). The number of pyridine rings is 1. The predicted molar refractivity (Wildman–Crippen MR) is 73.0 cm³/mol. The monoisotopic (exact) mass is 261 g/mol. The molecule has 0 aliphatic carbocycles. The minimum atomic E-state index is -0.783. The summed E-state index contributed by atoms with van der Waals surface area (Å²) < 4.78 is 0. The molecule has 0 aliphatic rings. The van der Waals surface area contributed by atoms with Crippen LogP contribution in [0.4, 0.5) is 5.82 Å². The Morgan fingerprint density at radius 3 is 2.84 bits per heavy atom. The van der Waals surface area contributed by atoms with Gasteiger partial charge in [0.1, 0.15) is 11.9 Å². The van der Waals surface area contributed by atoms with Gasteiger partial charge in [-0.25, -0.2) is 4.98 Å². The molecule has 0 aromatic carbocycles. The summed E-state index contributed by atoms with van der Waals surface area (Å²) in [5.74, 6) is -0.197. The fourth-order valence-corrected chi connectivity index (χ4v) is 1.95. The third kappa shape index (κ3) is 4.59. The molecule has 0 saturated heterocycles. The van der Waals surface area contributed by atoms with E-state index in [0.717, 1.165) is 17.7 Å². The maximum absolute atomic E-state index is 10.5. The maximum atomic E-state index is 10.5. The second kappa shape index (κ2) is 6.74. The van der Waals surface area contributed by atoms with E-state index in [0.29, 0.717) is 17.8 Å². The average molecular weight is 261 g/mol. The summed E-state index contributed by atoms with van der Waals surface area (Å²) in [5.41, 5.74) is 2.31. The number of hydrogen-bond acceptors (Lipinski definition) is 4. The number of rotatable bonds is 6. The van der Waals surface area contributed by atoms with Crippen molar-refractivity contribution in [3.8, 4) is 6.07 Å². The van der Waals surface area contributed by atoms with E-state index in [1.165, 1.54) is 0 Å². The number of aryl methyl sites for hydroxylation is 2. The quantitative estimate of drug-likeness (QED) is 0.822. The Morgan fingerprint density at radius 2 is 2.26 bits per heavy atom. The largest absolute Gasteiger partial charge is 0.481 e. The molecule has 0 bridgehead atoms. The molecule has 1 unspecified atom stereocenters. The minimum Gasteiger partial charge on any atom is -0.481 e. The zero-order valence-corrected chi connectivity index (χ0v) is 11.5. The number of nitrogens with zero attached hydrogens (tertiary/aromatic N) is 2. The van der Waals surface area contributed by atoms with E-state index in [9.17, 15) is 4.79 Å². The predicted octanol–water partition coefficient (Wildman–Crippen LogP) is 2.63. The van der Waals surface area contributed by atoms with Crippen LogP contribution in [0.25, 0.3) is 0 Å². The first-order chi connectivity index (χ1) is 8.93. The van der Waals surface area contributed by atoms with E-state index < -0.39 is 5.97 Å². The van der Waals surface area contributed by atoms with Gasteiger partial charge in [0.15, 0.2) is 0 Å². The van der Waals surface area contributed by atoms with Crippen LogP contribution in [0.2, 0.25) is 0 Å². The molecule has 2 N–H and O–H groups in total. The lowest BCUT2D eigenvalue weighted by atomic mass is 10.1. The van der Waals surface area contributed by atoms with E-state index in [2.05, 4.69) is 16.4 Å². The summed E-state index contributed by atoms with van der Waals surface area (Å²) in [6.45, 7) is 5.73. The van der Waals surface area contributed by atoms with Crippen LogP contribution < -0.4 is 5.32 Å². The Kier molecular flexibility index (Phi) is 5.31. The molecule has 1 aromatic heterocycles. The van der Waals surface area contributed by atoms with Crippen LogP contribution in [-0.2, 0) is 4.79 Å². The summed E-state index contributed by atoms with van der Waals surface area (Å²) in [5, 5.41) is 20.9. The lowest BCUT2D eigenvalue weighted by Gasteiger charge is -2.16. The van der Waals surface area contributed by atoms with Crippen LogP contribution in [0.5, 0.6) is 0 Å². The zero-order chi connectivity index (χ0) is 14.4. The topological polar surface area (TPSA) is 86.0 Å². The Balaban J connectivity index is 2.71.